The highest BCUT2D eigenvalue weighted by molar-refractivity contribution is 9.10. The molecule has 0 radical (unpaired) electrons. The summed E-state index contributed by atoms with van der Waals surface area (Å²) in [6, 6.07) is 3.61. The first-order chi connectivity index (χ1) is 22.6. The minimum Gasteiger partial charge on any atom is -0.488 e. The number of cyclic esters (lactones) is 1. The molecule has 2 aliphatic heterocycles. The molecule has 12 nitrogen and oxygen atoms in total. The average Bonchev–Trinajstić information content (AvgIpc) is 3.94. The fraction of sp³-hybridized carbons (Fsp3) is 0.588. The monoisotopic (exact) mass is 748 g/mol. The highest BCUT2D eigenvalue weighted by Crippen LogP contribution is 2.45. The molecule has 3 fully saturated rings. The fourth-order valence-electron chi connectivity index (χ4n) is 6.21. The first-order valence-electron chi connectivity index (χ1n) is 16.5. The molecule has 3 N–H and O–H groups in total. The van der Waals surface area contributed by atoms with Crippen molar-refractivity contribution in [1.29, 1.82) is 0 Å². The van der Waals surface area contributed by atoms with Crippen LogP contribution in [-0.4, -0.2) is 79.3 Å². The van der Waals surface area contributed by atoms with E-state index in [1.807, 2.05) is 18.2 Å². The van der Waals surface area contributed by atoms with Gasteiger partial charge < -0.3 is 25.0 Å². The van der Waals surface area contributed by atoms with Crippen LogP contribution in [0.1, 0.15) is 71.3 Å². The number of alkyl carbamates (subject to hydrolysis) is 1. The second-order valence-electron chi connectivity index (χ2n) is 14.2. The van der Waals surface area contributed by atoms with Gasteiger partial charge >= 0.3 is 6.09 Å². The summed E-state index contributed by atoms with van der Waals surface area (Å²) in [6.45, 7) is 9.40. The minimum absolute atomic E-state index is 0.0299. The number of nitrogens with zero attached hydrogens (tertiary/aromatic N) is 1. The lowest BCUT2D eigenvalue weighted by Crippen LogP contribution is -2.60. The van der Waals surface area contributed by atoms with Crippen molar-refractivity contribution >= 4 is 49.8 Å². The molecule has 5 atom stereocenters. The second-order valence-corrected chi connectivity index (χ2v) is 17.0. The second kappa shape index (κ2) is 14.2. The molecule has 2 saturated carbocycles. The molecule has 2 aliphatic carbocycles. The summed E-state index contributed by atoms with van der Waals surface area (Å²) in [5.41, 5.74) is -1.35. The molecule has 4 amide bonds. The van der Waals surface area contributed by atoms with Crippen LogP contribution >= 0.6 is 15.9 Å². The standard InChI is InChI=1S/C34H45BrN4O8S/c1-5-22-19-34(22,31(42)38-48(44,45)25-14-15-25)37-29(40)26-18-24-20-39(26)30(41)28(33(2,3)4)36-32(43)46-16-10-8-6-7-9-11-21-12-13-23(35)17-27(21)47-24/h5,7,9,12-13,17,22,24-26,28H,1,6,8,10-11,14-16,18-20H2,2-4H3,(H,36,43)(H,37,40)(H,38,42)/t22-,24-,26+,28-,34-/m1/s1. The zero-order valence-corrected chi connectivity index (χ0v) is 30.0. The van der Waals surface area contributed by atoms with E-state index in [0.717, 1.165) is 22.9 Å². The minimum atomic E-state index is -3.87. The van der Waals surface area contributed by atoms with Crippen molar-refractivity contribution in [3.8, 4) is 5.75 Å². The van der Waals surface area contributed by atoms with Gasteiger partial charge in [0, 0.05) is 16.8 Å². The molecular weight excluding hydrogens is 704 g/mol. The van der Waals surface area contributed by atoms with Crippen molar-refractivity contribution in [1.82, 2.24) is 20.3 Å². The number of hydrogen-bond donors (Lipinski definition) is 3. The topological polar surface area (TPSA) is 160 Å². The van der Waals surface area contributed by atoms with Gasteiger partial charge in [-0.3, -0.25) is 19.1 Å². The molecule has 262 valence electrons. The first-order valence-corrected chi connectivity index (χ1v) is 18.8. The van der Waals surface area contributed by atoms with E-state index in [2.05, 4.69) is 50.0 Å². The third kappa shape index (κ3) is 8.24. The van der Waals surface area contributed by atoms with E-state index in [4.69, 9.17) is 9.47 Å². The van der Waals surface area contributed by atoms with Gasteiger partial charge in [0.1, 0.15) is 29.5 Å². The van der Waals surface area contributed by atoms with E-state index in [1.165, 1.54) is 11.0 Å². The number of benzene rings is 1. The predicted octanol–water partition coefficient (Wildman–Crippen LogP) is 3.89. The van der Waals surface area contributed by atoms with Crippen LogP contribution in [0.25, 0.3) is 0 Å². The fourth-order valence-corrected chi connectivity index (χ4v) is 7.92. The Labute approximate surface area is 290 Å². The third-order valence-corrected chi connectivity index (χ3v) is 11.6. The summed E-state index contributed by atoms with van der Waals surface area (Å²) < 4.78 is 40.1. The first kappa shape index (κ1) is 35.9. The summed E-state index contributed by atoms with van der Waals surface area (Å²) in [5.74, 6) is -1.84. The van der Waals surface area contributed by atoms with Crippen molar-refractivity contribution in [3.05, 3.63) is 53.0 Å². The van der Waals surface area contributed by atoms with Crippen LogP contribution in [-0.2, 0) is 35.6 Å². The molecule has 1 aromatic rings. The van der Waals surface area contributed by atoms with E-state index in [9.17, 15) is 27.6 Å². The number of rotatable bonds is 6. The van der Waals surface area contributed by atoms with E-state index >= 15 is 0 Å². The summed E-state index contributed by atoms with van der Waals surface area (Å²) in [7, 11) is -3.87. The number of amides is 4. The summed E-state index contributed by atoms with van der Waals surface area (Å²) in [5, 5.41) is 4.90. The van der Waals surface area contributed by atoms with Crippen molar-refractivity contribution in [2.75, 3.05) is 13.2 Å². The number of hydrogen-bond acceptors (Lipinski definition) is 8. The van der Waals surface area contributed by atoms with Gasteiger partial charge in [-0.2, -0.15) is 0 Å². The number of carbonyl (C=O) groups excluding carboxylic acids is 4. The Morgan fingerprint density at radius 1 is 1.17 bits per heavy atom. The number of ether oxygens (including phenoxy) is 2. The summed E-state index contributed by atoms with van der Waals surface area (Å²) >= 11 is 3.52. The zero-order chi connectivity index (χ0) is 34.9. The van der Waals surface area contributed by atoms with Crippen LogP contribution in [0, 0.1) is 11.3 Å². The highest BCUT2D eigenvalue weighted by Gasteiger charge is 2.62. The highest BCUT2D eigenvalue weighted by atomic mass is 79.9. The Balaban J connectivity index is 1.46. The van der Waals surface area contributed by atoms with Crippen LogP contribution in [0.2, 0.25) is 0 Å². The lowest BCUT2D eigenvalue weighted by Gasteiger charge is -2.35. The Hall–Kier alpha value is -3.39. The maximum atomic E-state index is 14.3. The van der Waals surface area contributed by atoms with Crippen molar-refractivity contribution < 1.29 is 37.1 Å². The average molecular weight is 750 g/mol. The van der Waals surface area contributed by atoms with Gasteiger partial charge in [0.2, 0.25) is 21.8 Å². The van der Waals surface area contributed by atoms with Gasteiger partial charge in [-0.05, 0) is 68.1 Å². The van der Waals surface area contributed by atoms with Crippen LogP contribution < -0.4 is 20.1 Å². The zero-order valence-electron chi connectivity index (χ0n) is 27.6. The lowest BCUT2D eigenvalue weighted by molar-refractivity contribution is -0.142. The maximum Gasteiger partial charge on any atom is 0.407 e. The molecule has 2 bridgehead atoms. The normalized spacial score (nSPS) is 28.5. The maximum absolute atomic E-state index is 14.3. The van der Waals surface area contributed by atoms with Crippen LogP contribution in [0.5, 0.6) is 5.75 Å². The van der Waals surface area contributed by atoms with E-state index in [0.29, 0.717) is 31.4 Å². The van der Waals surface area contributed by atoms with Gasteiger partial charge in [0.05, 0.1) is 18.4 Å². The molecule has 1 aromatic carbocycles. The largest absolute Gasteiger partial charge is 0.488 e. The molecule has 1 saturated heterocycles. The Morgan fingerprint density at radius 3 is 2.58 bits per heavy atom. The van der Waals surface area contributed by atoms with E-state index < -0.39 is 74.1 Å². The SMILES string of the molecule is C=C[C@@H]1C[C@]1(NC(=O)[C@@H]1C[C@@H]2CN1C(=O)[C@H](C(C)(C)C)NC(=O)OCCCCC=CCc1ccc(Br)cc1O2)C(=O)NS(=O)(=O)C1CC1. The van der Waals surface area contributed by atoms with E-state index in [1.54, 1.807) is 20.8 Å². The van der Waals surface area contributed by atoms with Crippen molar-refractivity contribution in [2.45, 2.75) is 101 Å². The van der Waals surface area contributed by atoms with Gasteiger partial charge in [0.25, 0.3) is 5.91 Å². The van der Waals surface area contributed by atoms with Gasteiger partial charge in [0.15, 0.2) is 0 Å². The molecular formula is C34H45BrN4O8S. The van der Waals surface area contributed by atoms with Crippen LogP contribution in [0.15, 0.2) is 47.5 Å². The third-order valence-electron chi connectivity index (χ3n) is 9.30. The summed E-state index contributed by atoms with van der Waals surface area (Å²) in [6.07, 6.45) is 8.41. The molecule has 14 heteroatoms. The molecule has 4 aliphatic rings. The molecule has 2 heterocycles. The van der Waals surface area contributed by atoms with Gasteiger partial charge in [-0.1, -0.05) is 61.0 Å². The van der Waals surface area contributed by atoms with Gasteiger partial charge in [-0.15, -0.1) is 6.58 Å². The number of carbonyl (C=O) groups is 4. The Kier molecular flexibility index (Phi) is 10.6. The van der Waals surface area contributed by atoms with Crippen LogP contribution in [0.4, 0.5) is 4.79 Å². The number of fused-ring (bicyclic) bond motifs is 3. The Morgan fingerprint density at radius 2 is 1.92 bits per heavy atom. The predicted molar refractivity (Wildman–Crippen MR) is 182 cm³/mol. The summed E-state index contributed by atoms with van der Waals surface area (Å²) in [4.78, 5) is 56.1. The van der Waals surface area contributed by atoms with E-state index in [-0.39, 0.29) is 26.0 Å². The number of halogens is 1. The molecule has 0 spiro atoms. The smallest absolute Gasteiger partial charge is 0.407 e. The number of allylic oxidation sites excluding steroid dienone is 2. The Bertz CT molecular complexity index is 1590. The molecule has 0 unspecified atom stereocenters. The molecule has 5 rings (SSSR count). The van der Waals surface area contributed by atoms with Gasteiger partial charge in [-0.25, -0.2) is 13.2 Å². The number of sulfonamides is 1. The quantitative estimate of drug-likeness (QED) is 0.370. The molecule has 0 aromatic heterocycles. The van der Waals surface area contributed by atoms with Crippen LogP contribution in [0.3, 0.4) is 0 Å². The van der Waals surface area contributed by atoms with Crippen molar-refractivity contribution in [2.24, 2.45) is 11.3 Å². The lowest BCUT2D eigenvalue weighted by atomic mass is 9.85. The molecule has 48 heavy (non-hydrogen) atoms. The van der Waals surface area contributed by atoms with Crippen molar-refractivity contribution in [3.63, 3.8) is 0 Å². The number of nitrogens with one attached hydrogen (secondary N) is 3.